The van der Waals surface area contributed by atoms with Crippen LogP contribution in [0.2, 0.25) is 5.02 Å². The van der Waals surface area contributed by atoms with Gasteiger partial charge in [0.2, 0.25) is 5.91 Å². The molecule has 1 aliphatic rings. The molecule has 0 bridgehead atoms. The summed E-state index contributed by atoms with van der Waals surface area (Å²) in [5.41, 5.74) is 2.99. The van der Waals surface area contributed by atoms with E-state index in [0.717, 1.165) is 49.5 Å². The van der Waals surface area contributed by atoms with E-state index in [1.54, 1.807) is 6.07 Å². The Labute approximate surface area is 209 Å². The Kier molecular flexibility index (Phi) is 9.97. The van der Waals surface area contributed by atoms with Crippen LogP contribution < -0.4 is 10.6 Å². The fourth-order valence-corrected chi connectivity index (χ4v) is 4.57. The maximum absolute atomic E-state index is 13.0. The van der Waals surface area contributed by atoms with Crippen molar-refractivity contribution < 1.29 is 9.59 Å². The van der Waals surface area contributed by atoms with Crippen molar-refractivity contribution in [1.29, 1.82) is 0 Å². The molecule has 1 unspecified atom stereocenters. The molecule has 0 aromatic heterocycles. The van der Waals surface area contributed by atoms with Gasteiger partial charge in [-0.1, -0.05) is 56.6 Å². The summed E-state index contributed by atoms with van der Waals surface area (Å²) < 4.78 is 0. The summed E-state index contributed by atoms with van der Waals surface area (Å²) in [7, 11) is 0. The van der Waals surface area contributed by atoms with Gasteiger partial charge in [0.15, 0.2) is 0 Å². The molecule has 2 aromatic carbocycles. The molecule has 0 spiro atoms. The van der Waals surface area contributed by atoms with E-state index >= 15 is 0 Å². The van der Waals surface area contributed by atoms with Crippen LogP contribution in [-0.4, -0.2) is 42.4 Å². The maximum atomic E-state index is 13.0. The molecule has 6 heteroatoms. The van der Waals surface area contributed by atoms with Crippen molar-refractivity contribution in [3.05, 3.63) is 70.2 Å². The second-order valence-electron chi connectivity index (χ2n) is 9.80. The van der Waals surface area contributed by atoms with Crippen molar-refractivity contribution in [3.63, 3.8) is 0 Å². The summed E-state index contributed by atoms with van der Waals surface area (Å²) in [5.74, 6) is 0.486. The minimum absolute atomic E-state index is 0.0858. The number of rotatable bonds is 10. The van der Waals surface area contributed by atoms with Crippen LogP contribution in [0.1, 0.15) is 61.5 Å². The molecule has 34 heavy (non-hydrogen) atoms. The van der Waals surface area contributed by atoms with Gasteiger partial charge in [-0.2, -0.15) is 0 Å². The Hall–Kier alpha value is -2.37. The fraction of sp³-hybridized carbons (Fsp3) is 0.500. The zero-order valence-electron chi connectivity index (χ0n) is 20.6. The van der Waals surface area contributed by atoms with Crippen molar-refractivity contribution in [1.82, 2.24) is 15.5 Å². The van der Waals surface area contributed by atoms with Crippen LogP contribution in [0, 0.1) is 11.8 Å². The number of carbonyl (C=O) groups excluding carboxylic acids is 2. The molecule has 1 aliphatic heterocycles. The lowest BCUT2D eigenvalue weighted by Crippen LogP contribution is -2.49. The number of hydrogen-bond acceptors (Lipinski definition) is 3. The van der Waals surface area contributed by atoms with E-state index in [4.69, 9.17) is 11.6 Å². The summed E-state index contributed by atoms with van der Waals surface area (Å²) >= 11 is 5.98. The van der Waals surface area contributed by atoms with Crippen molar-refractivity contribution in [3.8, 4) is 0 Å². The highest BCUT2D eigenvalue weighted by atomic mass is 35.5. The van der Waals surface area contributed by atoms with E-state index in [1.165, 1.54) is 5.56 Å². The SMILES string of the molecule is CCc1cccc(C(=O)NC(CC(C)C)C(=O)NCC2CCN(Cc3ccc(Cl)cc3)CC2)c1. The molecule has 0 radical (unpaired) electrons. The molecule has 3 rings (SSSR count). The van der Waals surface area contributed by atoms with Gasteiger partial charge in [-0.3, -0.25) is 14.5 Å². The van der Waals surface area contributed by atoms with E-state index in [2.05, 4.69) is 48.4 Å². The third-order valence-electron chi connectivity index (χ3n) is 6.52. The monoisotopic (exact) mass is 483 g/mol. The first-order chi connectivity index (χ1) is 16.3. The standard InChI is InChI=1S/C28H38ClN3O2/c1-4-21-6-5-7-24(17-21)27(33)31-26(16-20(2)3)28(34)30-18-22-12-14-32(15-13-22)19-23-8-10-25(29)11-9-23/h5-11,17,20,22,26H,4,12-16,18-19H2,1-3H3,(H,30,34)(H,31,33). The van der Waals surface area contributed by atoms with Crippen molar-refractivity contribution in [2.75, 3.05) is 19.6 Å². The third-order valence-corrected chi connectivity index (χ3v) is 6.77. The molecule has 2 amide bonds. The quantitative estimate of drug-likeness (QED) is 0.495. The minimum Gasteiger partial charge on any atom is -0.354 e. The van der Waals surface area contributed by atoms with Crippen LogP contribution in [0.25, 0.3) is 0 Å². The number of hydrogen-bond donors (Lipinski definition) is 2. The fourth-order valence-electron chi connectivity index (χ4n) is 4.44. The number of piperidine rings is 1. The number of aryl methyl sites for hydroxylation is 1. The molecule has 184 valence electrons. The summed E-state index contributed by atoms with van der Waals surface area (Å²) in [4.78, 5) is 28.3. The van der Waals surface area contributed by atoms with E-state index in [1.807, 2.05) is 30.3 Å². The molecule has 2 N–H and O–H groups in total. The average Bonchev–Trinajstić information content (AvgIpc) is 2.84. The summed E-state index contributed by atoms with van der Waals surface area (Å²) in [5, 5.41) is 6.86. The normalized spacial score (nSPS) is 15.8. The number of nitrogens with zero attached hydrogens (tertiary/aromatic N) is 1. The number of likely N-dealkylation sites (tertiary alicyclic amines) is 1. The number of halogens is 1. The highest BCUT2D eigenvalue weighted by molar-refractivity contribution is 6.30. The van der Waals surface area contributed by atoms with Gasteiger partial charge in [0.05, 0.1) is 0 Å². The zero-order valence-corrected chi connectivity index (χ0v) is 21.4. The highest BCUT2D eigenvalue weighted by Crippen LogP contribution is 2.19. The largest absolute Gasteiger partial charge is 0.354 e. The van der Waals surface area contributed by atoms with Gasteiger partial charge in [-0.15, -0.1) is 0 Å². The first kappa shape index (κ1) is 26.2. The van der Waals surface area contributed by atoms with E-state index in [9.17, 15) is 9.59 Å². The number of amides is 2. The van der Waals surface area contributed by atoms with Crippen molar-refractivity contribution in [2.24, 2.45) is 11.8 Å². The van der Waals surface area contributed by atoms with E-state index in [-0.39, 0.29) is 11.8 Å². The molecule has 1 saturated heterocycles. The Bertz CT molecular complexity index is 937. The van der Waals surface area contributed by atoms with Gasteiger partial charge < -0.3 is 10.6 Å². The Morgan fingerprint density at radius 3 is 2.41 bits per heavy atom. The second-order valence-corrected chi connectivity index (χ2v) is 10.2. The number of nitrogens with one attached hydrogen (secondary N) is 2. The van der Waals surface area contributed by atoms with Gasteiger partial charge in [0, 0.05) is 23.7 Å². The molecule has 1 fully saturated rings. The van der Waals surface area contributed by atoms with Crippen LogP contribution >= 0.6 is 11.6 Å². The lowest BCUT2D eigenvalue weighted by atomic mass is 9.96. The number of benzene rings is 2. The van der Waals surface area contributed by atoms with Crippen LogP contribution in [0.15, 0.2) is 48.5 Å². The molecule has 2 aromatic rings. The Balaban J connectivity index is 1.47. The van der Waals surface area contributed by atoms with E-state index in [0.29, 0.717) is 30.4 Å². The van der Waals surface area contributed by atoms with Gasteiger partial charge >= 0.3 is 0 Å². The van der Waals surface area contributed by atoms with E-state index < -0.39 is 6.04 Å². The van der Waals surface area contributed by atoms with Gasteiger partial charge in [-0.25, -0.2) is 0 Å². The maximum Gasteiger partial charge on any atom is 0.251 e. The molecular formula is C28H38ClN3O2. The second kappa shape index (κ2) is 12.9. The summed E-state index contributed by atoms with van der Waals surface area (Å²) in [6.07, 6.45) is 3.60. The van der Waals surface area contributed by atoms with Crippen LogP contribution in [0.3, 0.4) is 0 Å². The summed E-state index contributed by atoms with van der Waals surface area (Å²) in [6.45, 7) is 9.82. The first-order valence-electron chi connectivity index (χ1n) is 12.5. The summed E-state index contributed by atoms with van der Waals surface area (Å²) in [6, 6.07) is 15.1. The molecule has 1 heterocycles. The average molecular weight is 484 g/mol. The Morgan fingerprint density at radius 2 is 1.76 bits per heavy atom. The van der Waals surface area contributed by atoms with Crippen LogP contribution in [0.5, 0.6) is 0 Å². The topological polar surface area (TPSA) is 61.4 Å². The van der Waals surface area contributed by atoms with Crippen LogP contribution in [-0.2, 0) is 17.8 Å². The smallest absolute Gasteiger partial charge is 0.251 e. The predicted molar refractivity (Wildman–Crippen MR) is 139 cm³/mol. The lowest BCUT2D eigenvalue weighted by molar-refractivity contribution is -0.123. The molecule has 1 atom stereocenters. The molecule has 0 saturated carbocycles. The molecular weight excluding hydrogens is 446 g/mol. The highest BCUT2D eigenvalue weighted by Gasteiger charge is 2.25. The third kappa shape index (κ3) is 8.14. The minimum atomic E-state index is -0.525. The van der Waals surface area contributed by atoms with Crippen molar-refractivity contribution >= 4 is 23.4 Å². The molecule has 5 nitrogen and oxygen atoms in total. The Morgan fingerprint density at radius 1 is 1.06 bits per heavy atom. The van der Waals surface area contributed by atoms with Crippen molar-refractivity contribution in [2.45, 2.75) is 59.0 Å². The molecule has 0 aliphatic carbocycles. The van der Waals surface area contributed by atoms with Crippen LogP contribution in [0.4, 0.5) is 0 Å². The first-order valence-corrected chi connectivity index (χ1v) is 12.9. The van der Waals surface area contributed by atoms with Gasteiger partial charge in [0.25, 0.3) is 5.91 Å². The van der Waals surface area contributed by atoms with Gasteiger partial charge in [-0.05, 0) is 86.0 Å². The number of carbonyl (C=O) groups is 2. The lowest BCUT2D eigenvalue weighted by Gasteiger charge is -2.32. The predicted octanol–water partition coefficient (Wildman–Crippen LogP) is 5.08. The zero-order chi connectivity index (χ0) is 24.5. The van der Waals surface area contributed by atoms with Gasteiger partial charge in [0.1, 0.15) is 6.04 Å².